The molecule has 3 N–H and O–H groups in total. The lowest BCUT2D eigenvalue weighted by Crippen LogP contribution is -2.40. The zero-order valence-electron chi connectivity index (χ0n) is 11.9. The summed E-state index contributed by atoms with van der Waals surface area (Å²) < 4.78 is 0. The molecule has 6 nitrogen and oxygen atoms in total. The monoisotopic (exact) mass is 289 g/mol. The van der Waals surface area contributed by atoms with E-state index in [0.29, 0.717) is 37.2 Å². The highest BCUT2D eigenvalue weighted by molar-refractivity contribution is 5.95. The second kappa shape index (κ2) is 6.88. The van der Waals surface area contributed by atoms with Gasteiger partial charge in [0.1, 0.15) is 0 Å². The number of benzene rings is 1. The van der Waals surface area contributed by atoms with Crippen LogP contribution in [0, 0.1) is 5.92 Å². The molecule has 1 aromatic carbocycles. The minimum Gasteiger partial charge on any atom is -0.355 e. The summed E-state index contributed by atoms with van der Waals surface area (Å²) in [7, 11) is 0. The molecule has 0 spiro atoms. The Kier molecular flexibility index (Phi) is 4.92. The Labute approximate surface area is 123 Å². The number of hydrogen-bond donors (Lipinski definition) is 3. The van der Waals surface area contributed by atoms with Crippen LogP contribution >= 0.6 is 0 Å². The van der Waals surface area contributed by atoms with Crippen molar-refractivity contribution in [3.63, 3.8) is 0 Å². The van der Waals surface area contributed by atoms with E-state index in [0.717, 1.165) is 0 Å². The van der Waals surface area contributed by atoms with Crippen LogP contribution in [0.5, 0.6) is 0 Å². The quantitative estimate of drug-likeness (QED) is 0.785. The third kappa shape index (κ3) is 4.30. The maximum absolute atomic E-state index is 12.1. The molecule has 1 aromatic rings. The van der Waals surface area contributed by atoms with Gasteiger partial charge < -0.3 is 16.0 Å². The van der Waals surface area contributed by atoms with Gasteiger partial charge in [0, 0.05) is 30.8 Å². The highest BCUT2D eigenvalue weighted by atomic mass is 16.2. The molecule has 1 fully saturated rings. The second-order valence-corrected chi connectivity index (χ2v) is 5.01. The predicted octanol–water partition coefficient (Wildman–Crippen LogP) is 1.50. The molecule has 21 heavy (non-hydrogen) atoms. The number of hydrogen-bond acceptors (Lipinski definition) is 3. The van der Waals surface area contributed by atoms with Gasteiger partial charge in [0.05, 0.1) is 5.92 Å². The minimum atomic E-state index is -0.192. The van der Waals surface area contributed by atoms with Crippen molar-refractivity contribution in [1.29, 1.82) is 0 Å². The van der Waals surface area contributed by atoms with Crippen LogP contribution in [0.2, 0.25) is 0 Å². The molecular weight excluding hydrogens is 270 g/mol. The Hall–Kier alpha value is -2.37. The van der Waals surface area contributed by atoms with Crippen molar-refractivity contribution < 1.29 is 14.4 Å². The topological polar surface area (TPSA) is 87.3 Å². The fraction of sp³-hybridized carbons (Fsp3) is 0.400. The van der Waals surface area contributed by atoms with Gasteiger partial charge >= 0.3 is 0 Å². The first kappa shape index (κ1) is 15.0. The number of amides is 3. The van der Waals surface area contributed by atoms with Crippen molar-refractivity contribution in [2.45, 2.75) is 26.2 Å². The Morgan fingerprint density at radius 1 is 1.19 bits per heavy atom. The van der Waals surface area contributed by atoms with E-state index < -0.39 is 0 Å². The number of rotatable bonds is 4. The van der Waals surface area contributed by atoms with Crippen molar-refractivity contribution in [3.05, 3.63) is 24.3 Å². The zero-order chi connectivity index (χ0) is 15.2. The van der Waals surface area contributed by atoms with Crippen LogP contribution in [0.15, 0.2) is 24.3 Å². The predicted molar refractivity (Wildman–Crippen MR) is 79.7 cm³/mol. The lowest BCUT2D eigenvalue weighted by atomic mass is 9.98. The molecular formula is C15H19N3O3. The number of carbonyl (C=O) groups is 3. The van der Waals surface area contributed by atoms with Gasteiger partial charge in [-0.15, -0.1) is 0 Å². The van der Waals surface area contributed by atoms with E-state index in [1.54, 1.807) is 31.2 Å². The Morgan fingerprint density at radius 2 is 1.81 bits per heavy atom. The van der Waals surface area contributed by atoms with Crippen LogP contribution in [0.25, 0.3) is 0 Å². The lowest BCUT2D eigenvalue weighted by molar-refractivity contribution is -0.126. The van der Waals surface area contributed by atoms with Gasteiger partial charge in [0.2, 0.25) is 17.7 Å². The van der Waals surface area contributed by atoms with Gasteiger partial charge in [0.15, 0.2) is 0 Å². The van der Waals surface area contributed by atoms with Crippen molar-refractivity contribution in [1.82, 2.24) is 5.32 Å². The Balaban J connectivity index is 1.89. The van der Waals surface area contributed by atoms with Crippen LogP contribution in [0.1, 0.15) is 26.2 Å². The second-order valence-electron chi connectivity index (χ2n) is 5.01. The molecule has 1 aliphatic rings. The molecule has 3 amide bonds. The van der Waals surface area contributed by atoms with Gasteiger partial charge in [-0.05, 0) is 30.7 Å². The number of anilines is 2. The van der Waals surface area contributed by atoms with E-state index in [2.05, 4.69) is 16.0 Å². The van der Waals surface area contributed by atoms with Crippen LogP contribution in [-0.2, 0) is 14.4 Å². The zero-order valence-corrected chi connectivity index (χ0v) is 11.9. The smallest absolute Gasteiger partial charge is 0.229 e. The molecule has 112 valence electrons. The van der Waals surface area contributed by atoms with Crippen molar-refractivity contribution in [3.8, 4) is 0 Å². The number of carbonyl (C=O) groups excluding carboxylic acids is 3. The van der Waals surface area contributed by atoms with E-state index in [4.69, 9.17) is 0 Å². The van der Waals surface area contributed by atoms with Gasteiger partial charge in [-0.1, -0.05) is 6.92 Å². The standard InChI is InChI=1S/C15H19N3O3/c1-2-13(19)17-11-4-6-12(7-5-11)18-15(21)10-3-8-14(20)16-9-10/h4-7,10H,2-3,8-9H2,1H3,(H,16,20)(H,17,19)(H,18,21). The van der Waals surface area contributed by atoms with Crippen LogP contribution in [-0.4, -0.2) is 24.3 Å². The summed E-state index contributed by atoms with van der Waals surface area (Å²) in [5.74, 6) is -0.345. The first-order valence-electron chi connectivity index (χ1n) is 7.06. The van der Waals surface area contributed by atoms with Gasteiger partial charge in [-0.2, -0.15) is 0 Å². The highest BCUT2D eigenvalue weighted by Gasteiger charge is 2.24. The van der Waals surface area contributed by atoms with Crippen molar-refractivity contribution in [2.75, 3.05) is 17.2 Å². The normalized spacial score (nSPS) is 17.8. The van der Waals surface area contributed by atoms with Gasteiger partial charge in [0.25, 0.3) is 0 Å². The number of nitrogens with one attached hydrogen (secondary N) is 3. The summed E-state index contributed by atoms with van der Waals surface area (Å²) in [4.78, 5) is 34.4. The molecule has 6 heteroatoms. The molecule has 1 atom stereocenters. The molecule has 1 heterocycles. The third-order valence-electron chi connectivity index (χ3n) is 3.39. The van der Waals surface area contributed by atoms with Crippen LogP contribution in [0.4, 0.5) is 11.4 Å². The lowest BCUT2D eigenvalue weighted by Gasteiger charge is -2.21. The van der Waals surface area contributed by atoms with Crippen LogP contribution in [0.3, 0.4) is 0 Å². The molecule has 0 saturated carbocycles. The summed E-state index contributed by atoms with van der Waals surface area (Å²) in [5.41, 5.74) is 1.37. The average molecular weight is 289 g/mol. The maximum Gasteiger partial charge on any atom is 0.229 e. The maximum atomic E-state index is 12.1. The summed E-state index contributed by atoms with van der Waals surface area (Å²) in [6, 6.07) is 6.97. The largest absolute Gasteiger partial charge is 0.355 e. The summed E-state index contributed by atoms with van der Waals surface area (Å²) in [6.07, 6.45) is 1.38. The molecule has 0 radical (unpaired) electrons. The van der Waals surface area contributed by atoms with Gasteiger partial charge in [-0.3, -0.25) is 14.4 Å². The Morgan fingerprint density at radius 3 is 2.33 bits per heavy atom. The summed E-state index contributed by atoms with van der Waals surface area (Å²) >= 11 is 0. The molecule has 1 aliphatic heterocycles. The molecule has 0 aliphatic carbocycles. The number of piperidine rings is 1. The first-order valence-corrected chi connectivity index (χ1v) is 7.06. The highest BCUT2D eigenvalue weighted by Crippen LogP contribution is 2.17. The molecule has 1 saturated heterocycles. The summed E-state index contributed by atoms with van der Waals surface area (Å²) in [5, 5.41) is 8.25. The van der Waals surface area contributed by atoms with E-state index in [9.17, 15) is 14.4 Å². The molecule has 0 bridgehead atoms. The van der Waals surface area contributed by atoms with Crippen molar-refractivity contribution in [2.24, 2.45) is 5.92 Å². The van der Waals surface area contributed by atoms with Crippen LogP contribution < -0.4 is 16.0 Å². The first-order chi connectivity index (χ1) is 10.1. The van der Waals surface area contributed by atoms with E-state index in [1.165, 1.54) is 0 Å². The Bertz CT molecular complexity index is 530. The van der Waals surface area contributed by atoms with E-state index >= 15 is 0 Å². The van der Waals surface area contributed by atoms with E-state index in [-0.39, 0.29) is 23.6 Å². The molecule has 0 aromatic heterocycles. The average Bonchev–Trinajstić information content (AvgIpc) is 2.49. The fourth-order valence-corrected chi connectivity index (χ4v) is 2.09. The molecule has 1 unspecified atom stereocenters. The van der Waals surface area contributed by atoms with Gasteiger partial charge in [-0.25, -0.2) is 0 Å². The van der Waals surface area contributed by atoms with Crippen molar-refractivity contribution >= 4 is 29.1 Å². The third-order valence-corrected chi connectivity index (χ3v) is 3.39. The SMILES string of the molecule is CCC(=O)Nc1ccc(NC(=O)C2CCC(=O)NC2)cc1. The minimum absolute atomic E-state index is 0.00457. The molecule has 2 rings (SSSR count). The summed E-state index contributed by atoms with van der Waals surface area (Å²) in [6.45, 7) is 2.17. The van der Waals surface area contributed by atoms with E-state index in [1.807, 2.05) is 0 Å². The fourth-order valence-electron chi connectivity index (χ4n) is 2.09.